The number of unbranched alkanes of at least 4 members (excludes halogenated alkanes) is 10. The molecule has 1 N–H and O–H groups in total. The van der Waals surface area contributed by atoms with Crippen LogP contribution < -0.4 is 0 Å². The average Bonchev–Trinajstić information content (AvgIpc) is 2.90. The van der Waals surface area contributed by atoms with Crippen LogP contribution in [0.2, 0.25) is 0 Å². The lowest BCUT2D eigenvalue weighted by Gasteiger charge is -2.05. The van der Waals surface area contributed by atoms with Crippen LogP contribution in [0.15, 0.2) is 48.5 Å². The van der Waals surface area contributed by atoms with E-state index in [0.717, 1.165) is 12.8 Å². The number of ether oxygens (including phenoxy) is 1. The van der Waals surface area contributed by atoms with Gasteiger partial charge in [-0.15, -0.1) is 0 Å². The third kappa shape index (κ3) is 18.7. The van der Waals surface area contributed by atoms with Gasteiger partial charge in [0.1, 0.15) is 0 Å². The molecular weight excluding hydrogens is 456 g/mol. The molecule has 0 radical (unpaired) electrons. The SMILES string of the molecule is CCCCCCCCc1ccc(CCO)cc1.CCCCCCCCc1ccc(CCOC(C)=O)cc1. The predicted octanol–water partition coefficient (Wildman–Crippen LogP) is 8.82. The largest absolute Gasteiger partial charge is 0.466 e. The fourth-order valence-electron chi connectivity index (χ4n) is 4.41. The quantitative estimate of drug-likeness (QED) is 0.152. The van der Waals surface area contributed by atoms with E-state index in [1.165, 1.54) is 119 Å². The van der Waals surface area contributed by atoms with Crippen LogP contribution in [0.4, 0.5) is 0 Å². The number of benzene rings is 2. The van der Waals surface area contributed by atoms with E-state index in [-0.39, 0.29) is 12.6 Å². The van der Waals surface area contributed by atoms with Crippen molar-refractivity contribution in [3.63, 3.8) is 0 Å². The first-order valence-corrected chi connectivity index (χ1v) is 15.0. The summed E-state index contributed by atoms with van der Waals surface area (Å²) in [5, 5.41) is 8.83. The second kappa shape index (κ2) is 23.0. The predicted molar refractivity (Wildman–Crippen MR) is 158 cm³/mol. The first-order chi connectivity index (χ1) is 18.1. The zero-order valence-electron chi connectivity index (χ0n) is 24.1. The molecule has 2 aromatic carbocycles. The van der Waals surface area contributed by atoms with Crippen molar-refractivity contribution in [2.45, 2.75) is 124 Å². The molecule has 2 aromatic rings. The van der Waals surface area contributed by atoms with Crippen LogP contribution in [-0.2, 0) is 35.2 Å². The van der Waals surface area contributed by atoms with Crippen LogP contribution in [0.3, 0.4) is 0 Å². The molecule has 0 bridgehead atoms. The van der Waals surface area contributed by atoms with E-state index in [2.05, 4.69) is 62.4 Å². The fourth-order valence-corrected chi connectivity index (χ4v) is 4.41. The third-order valence-electron chi connectivity index (χ3n) is 6.78. The van der Waals surface area contributed by atoms with E-state index in [9.17, 15) is 4.79 Å². The smallest absolute Gasteiger partial charge is 0.302 e. The number of rotatable bonds is 19. The molecule has 0 aromatic heterocycles. The van der Waals surface area contributed by atoms with E-state index in [1.54, 1.807) is 0 Å². The standard InChI is InChI=1S/C18H28O2.C16H26O/c1-3-4-5-6-7-8-9-17-10-12-18(13-11-17)14-15-20-16(2)19;1-2-3-4-5-6-7-8-15-9-11-16(12-10-15)13-14-17/h10-13H,3-9,14-15H2,1-2H3;9-12,17H,2-8,13-14H2,1H3. The van der Waals surface area contributed by atoms with Crippen molar-refractivity contribution in [1.82, 2.24) is 0 Å². The molecule has 0 heterocycles. The minimum Gasteiger partial charge on any atom is -0.466 e. The third-order valence-corrected chi connectivity index (χ3v) is 6.78. The lowest BCUT2D eigenvalue weighted by atomic mass is 10.0. The zero-order valence-corrected chi connectivity index (χ0v) is 24.1. The molecule has 0 saturated heterocycles. The summed E-state index contributed by atoms with van der Waals surface area (Å²) in [6, 6.07) is 17.4. The fraction of sp³-hybridized carbons (Fsp3) is 0.618. The van der Waals surface area contributed by atoms with Gasteiger partial charge in [-0.2, -0.15) is 0 Å². The van der Waals surface area contributed by atoms with E-state index in [1.807, 2.05) is 0 Å². The van der Waals surface area contributed by atoms with Crippen molar-refractivity contribution in [2.75, 3.05) is 13.2 Å². The lowest BCUT2D eigenvalue weighted by Crippen LogP contribution is -2.03. The second-order valence-electron chi connectivity index (χ2n) is 10.2. The summed E-state index contributed by atoms with van der Waals surface area (Å²) < 4.78 is 4.95. The number of aryl methyl sites for hydroxylation is 2. The van der Waals surface area contributed by atoms with Crippen molar-refractivity contribution in [3.05, 3.63) is 70.8 Å². The molecule has 3 heteroatoms. The van der Waals surface area contributed by atoms with Gasteiger partial charge < -0.3 is 9.84 Å². The topological polar surface area (TPSA) is 46.5 Å². The number of carbonyl (C=O) groups excluding carboxylic acids is 1. The monoisotopic (exact) mass is 510 g/mol. The molecule has 0 spiro atoms. The summed E-state index contributed by atoms with van der Waals surface area (Å²) in [5.41, 5.74) is 5.32. The summed E-state index contributed by atoms with van der Waals surface area (Å²) in [6.07, 6.45) is 20.2. The van der Waals surface area contributed by atoms with Crippen LogP contribution >= 0.6 is 0 Å². The van der Waals surface area contributed by atoms with Crippen molar-refractivity contribution >= 4 is 5.97 Å². The van der Waals surface area contributed by atoms with Crippen LogP contribution in [-0.4, -0.2) is 24.3 Å². The Bertz CT molecular complexity index is 780. The Labute approximate surface area is 228 Å². The first kappa shape index (κ1) is 32.9. The number of aliphatic hydroxyl groups excluding tert-OH is 1. The summed E-state index contributed by atoms with van der Waals surface area (Å²) in [7, 11) is 0. The molecule has 0 aliphatic heterocycles. The van der Waals surface area contributed by atoms with Gasteiger partial charge in [-0.3, -0.25) is 4.79 Å². The molecule has 0 amide bonds. The minimum absolute atomic E-state index is 0.204. The normalized spacial score (nSPS) is 10.6. The van der Waals surface area contributed by atoms with Gasteiger partial charge in [0.15, 0.2) is 0 Å². The van der Waals surface area contributed by atoms with Crippen molar-refractivity contribution in [1.29, 1.82) is 0 Å². The van der Waals surface area contributed by atoms with Gasteiger partial charge in [0.2, 0.25) is 0 Å². The number of hydrogen-bond donors (Lipinski definition) is 1. The van der Waals surface area contributed by atoms with Gasteiger partial charge in [-0.1, -0.05) is 127 Å². The lowest BCUT2D eigenvalue weighted by molar-refractivity contribution is -0.140. The maximum Gasteiger partial charge on any atom is 0.302 e. The Morgan fingerprint density at radius 1 is 0.568 bits per heavy atom. The van der Waals surface area contributed by atoms with Crippen molar-refractivity contribution in [3.8, 4) is 0 Å². The maximum absolute atomic E-state index is 10.7. The highest BCUT2D eigenvalue weighted by Gasteiger charge is 1.99. The van der Waals surface area contributed by atoms with E-state index >= 15 is 0 Å². The average molecular weight is 511 g/mol. The van der Waals surface area contributed by atoms with Crippen LogP contribution in [0.25, 0.3) is 0 Å². The van der Waals surface area contributed by atoms with Gasteiger partial charge in [-0.05, 0) is 54.4 Å². The van der Waals surface area contributed by atoms with E-state index in [4.69, 9.17) is 9.84 Å². The molecule has 0 fully saturated rings. The number of hydrogen-bond acceptors (Lipinski definition) is 3. The zero-order chi connectivity index (χ0) is 27.0. The molecule has 0 aliphatic rings. The van der Waals surface area contributed by atoms with Crippen LogP contribution in [0.5, 0.6) is 0 Å². The number of esters is 1. The Kier molecular flexibility index (Phi) is 20.5. The van der Waals surface area contributed by atoms with Gasteiger partial charge >= 0.3 is 5.97 Å². The Morgan fingerprint density at radius 3 is 1.30 bits per heavy atom. The van der Waals surface area contributed by atoms with Gasteiger partial charge in [-0.25, -0.2) is 0 Å². The van der Waals surface area contributed by atoms with Gasteiger partial charge in [0.05, 0.1) is 6.61 Å². The molecule has 3 nitrogen and oxygen atoms in total. The first-order valence-electron chi connectivity index (χ1n) is 15.0. The van der Waals surface area contributed by atoms with Crippen LogP contribution in [0, 0.1) is 0 Å². The minimum atomic E-state index is -0.204. The molecule has 0 saturated carbocycles. The van der Waals surface area contributed by atoms with Crippen molar-refractivity contribution in [2.24, 2.45) is 0 Å². The Balaban J connectivity index is 0.000000375. The maximum atomic E-state index is 10.7. The highest BCUT2D eigenvalue weighted by atomic mass is 16.5. The number of carbonyl (C=O) groups is 1. The van der Waals surface area contributed by atoms with Crippen LogP contribution in [0.1, 0.15) is 120 Å². The molecule has 0 unspecified atom stereocenters. The summed E-state index contributed by atoms with van der Waals surface area (Å²) in [5.74, 6) is -0.204. The van der Waals surface area contributed by atoms with Gasteiger partial charge in [0, 0.05) is 20.0 Å². The molecule has 0 aliphatic carbocycles. The molecule has 0 atom stereocenters. The van der Waals surface area contributed by atoms with Gasteiger partial charge in [0.25, 0.3) is 0 Å². The Hall–Kier alpha value is -2.13. The summed E-state index contributed by atoms with van der Waals surface area (Å²) in [6.45, 7) is 6.68. The van der Waals surface area contributed by atoms with Crippen molar-refractivity contribution < 1.29 is 14.6 Å². The highest BCUT2D eigenvalue weighted by molar-refractivity contribution is 5.65. The Morgan fingerprint density at radius 2 is 0.919 bits per heavy atom. The second-order valence-corrected chi connectivity index (χ2v) is 10.2. The molecule has 208 valence electrons. The summed E-state index contributed by atoms with van der Waals surface area (Å²) in [4.78, 5) is 10.7. The molecular formula is C34H54O3. The summed E-state index contributed by atoms with van der Waals surface area (Å²) >= 11 is 0. The molecule has 2 rings (SSSR count). The number of aliphatic hydroxyl groups is 1. The van der Waals surface area contributed by atoms with E-state index in [0.29, 0.717) is 6.61 Å². The highest BCUT2D eigenvalue weighted by Crippen LogP contribution is 2.13. The molecule has 37 heavy (non-hydrogen) atoms. The van der Waals surface area contributed by atoms with E-state index < -0.39 is 0 Å².